The van der Waals surface area contributed by atoms with Crippen LogP contribution in [0.2, 0.25) is 0 Å². The Balaban J connectivity index is 1.27. The maximum atomic E-state index is 14.8. The standard InChI is InChI=1S/C27H24FN5O4S/c28-21-8-7-19(14-23-25(34)31-26(35)38-23)13-20(21)22-15-29-16-24(30-22)32-9-4-10-33(12-11-32)27(36)37-17-18-5-2-1-3-6-18/h1-3,5-8,13-16H,4,9-12,17H2,(H,31,34,35)/b23-14-. The van der Waals surface area contributed by atoms with Crippen molar-refractivity contribution in [3.05, 3.63) is 82.8 Å². The molecule has 194 valence electrons. The molecule has 2 aliphatic rings. The van der Waals surface area contributed by atoms with Crippen molar-refractivity contribution in [2.45, 2.75) is 13.0 Å². The van der Waals surface area contributed by atoms with Crippen LogP contribution < -0.4 is 10.2 Å². The summed E-state index contributed by atoms with van der Waals surface area (Å²) < 4.78 is 20.3. The van der Waals surface area contributed by atoms with Crippen molar-refractivity contribution in [2.24, 2.45) is 0 Å². The largest absolute Gasteiger partial charge is 0.445 e. The SMILES string of the molecule is O=C1NC(=O)/C(=C/c2ccc(F)c(-c3cncc(N4CCCN(C(=O)OCc5ccccc5)CC4)n3)c2)S1. The molecule has 38 heavy (non-hydrogen) atoms. The summed E-state index contributed by atoms with van der Waals surface area (Å²) in [6.07, 6.45) is 4.97. The average Bonchev–Trinajstić information content (AvgIpc) is 3.10. The van der Waals surface area contributed by atoms with Crippen LogP contribution in [0.25, 0.3) is 17.3 Å². The number of ether oxygens (including phenoxy) is 1. The summed E-state index contributed by atoms with van der Waals surface area (Å²) >= 11 is 0.798. The molecule has 5 rings (SSSR count). The zero-order valence-corrected chi connectivity index (χ0v) is 21.1. The van der Waals surface area contributed by atoms with Crippen molar-refractivity contribution in [2.75, 3.05) is 31.1 Å². The Labute approximate surface area is 222 Å². The summed E-state index contributed by atoms with van der Waals surface area (Å²) in [5, 5.41) is 1.76. The zero-order valence-electron chi connectivity index (χ0n) is 20.3. The molecular weight excluding hydrogens is 509 g/mol. The second kappa shape index (κ2) is 11.4. The van der Waals surface area contributed by atoms with E-state index in [-0.39, 0.29) is 23.2 Å². The summed E-state index contributed by atoms with van der Waals surface area (Å²) in [4.78, 5) is 48.8. The third-order valence-corrected chi connectivity index (χ3v) is 6.92. The summed E-state index contributed by atoms with van der Waals surface area (Å²) in [5.41, 5.74) is 2.05. The number of amides is 3. The smallest absolute Gasteiger partial charge is 0.410 e. The molecule has 0 bridgehead atoms. The molecule has 2 fully saturated rings. The van der Waals surface area contributed by atoms with E-state index in [0.717, 1.165) is 17.3 Å². The molecule has 3 heterocycles. The number of nitrogens with one attached hydrogen (secondary N) is 1. The van der Waals surface area contributed by atoms with Gasteiger partial charge in [0, 0.05) is 31.7 Å². The van der Waals surface area contributed by atoms with Crippen molar-refractivity contribution >= 4 is 40.9 Å². The predicted molar refractivity (Wildman–Crippen MR) is 142 cm³/mol. The van der Waals surface area contributed by atoms with Gasteiger partial charge in [-0.3, -0.25) is 19.9 Å². The van der Waals surface area contributed by atoms with E-state index < -0.39 is 17.0 Å². The Kier molecular flexibility index (Phi) is 7.64. The van der Waals surface area contributed by atoms with E-state index in [9.17, 15) is 18.8 Å². The molecule has 3 amide bonds. The molecule has 0 atom stereocenters. The van der Waals surface area contributed by atoms with Crippen LogP contribution in [-0.4, -0.2) is 58.3 Å². The van der Waals surface area contributed by atoms with E-state index in [1.165, 1.54) is 24.4 Å². The molecule has 9 nitrogen and oxygen atoms in total. The highest BCUT2D eigenvalue weighted by molar-refractivity contribution is 8.18. The van der Waals surface area contributed by atoms with E-state index in [4.69, 9.17) is 4.74 Å². The molecule has 2 aliphatic heterocycles. The number of benzene rings is 2. The highest BCUT2D eigenvalue weighted by Gasteiger charge is 2.25. The Bertz CT molecular complexity index is 1400. The third kappa shape index (κ3) is 6.00. The number of aromatic nitrogens is 2. The maximum absolute atomic E-state index is 14.8. The van der Waals surface area contributed by atoms with Crippen molar-refractivity contribution in [1.29, 1.82) is 0 Å². The summed E-state index contributed by atoms with van der Waals surface area (Å²) in [6.45, 7) is 2.39. The van der Waals surface area contributed by atoms with E-state index in [2.05, 4.69) is 15.3 Å². The number of anilines is 1. The van der Waals surface area contributed by atoms with Gasteiger partial charge in [-0.2, -0.15) is 0 Å². The van der Waals surface area contributed by atoms with Gasteiger partial charge in [0.15, 0.2) is 0 Å². The zero-order chi connectivity index (χ0) is 26.5. The number of rotatable bonds is 5. The molecule has 3 aromatic rings. The molecule has 0 aliphatic carbocycles. The van der Waals surface area contributed by atoms with Crippen LogP contribution in [0.4, 0.5) is 19.8 Å². The number of nitrogens with zero attached hydrogens (tertiary/aromatic N) is 4. The molecule has 2 saturated heterocycles. The van der Waals surface area contributed by atoms with Gasteiger partial charge in [-0.15, -0.1) is 0 Å². The first-order valence-electron chi connectivity index (χ1n) is 12.0. The van der Waals surface area contributed by atoms with Crippen LogP contribution in [0.5, 0.6) is 0 Å². The monoisotopic (exact) mass is 533 g/mol. The minimum absolute atomic E-state index is 0.217. The van der Waals surface area contributed by atoms with Gasteiger partial charge in [0.2, 0.25) is 0 Å². The highest BCUT2D eigenvalue weighted by Crippen LogP contribution is 2.29. The number of hydrogen-bond donors (Lipinski definition) is 1. The highest BCUT2D eigenvalue weighted by atomic mass is 32.2. The van der Waals surface area contributed by atoms with Crippen LogP contribution >= 0.6 is 11.8 Å². The number of carbonyl (C=O) groups excluding carboxylic acids is 3. The Morgan fingerprint density at radius 1 is 1.08 bits per heavy atom. The number of carbonyl (C=O) groups is 3. The van der Waals surface area contributed by atoms with Gasteiger partial charge in [0.1, 0.15) is 18.2 Å². The average molecular weight is 534 g/mol. The number of halogens is 1. The van der Waals surface area contributed by atoms with Gasteiger partial charge in [-0.1, -0.05) is 36.4 Å². The molecule has 1 N–H and O–H groups in total. The lowest BCUT2D eigenvalue weighted by molar-refractivity contribution is -0.115. The molecule has 0 saturated carbocycles. The van der Waals surface area contributed by atoms with Crippen molar-refractivity contribution < 1.29 is 23.5 Å². The Morgan fingerprint density at radius 3 is 2.71 bits per heavy atom. The van der Waals surface area contributed by atoms with Crippen LogP contribution in [-0.2, 0) is 16.1 Å². The maximum Gasteiger partial charge on any atom is 0.410 e. The second-order valence-corrected chi connectivity index (χ2v) is 9.74. The summed E-state index contributed by atoms with van der Waals surface area (Å²) in [5.74, 6) is -0.394. The summed E-state index contributed by atoms with van der Waals surface area (Å²) in [6, 6.07) is 13.9. The van der Waals surface area contributed by atoms with Gasteiger partial charge in [0.05, 0.1) is 23.0 Å². The Morgan fingerprint density at radius 2 is 1.92 bits per heavy atom. The molecule has 0 radical (unpaired) electrons. The molecule has 2 aromatic carbocycles. The van der Waals surface area contributed by atoms with Crippen molar-refractivity contribution in [1.82, 2.24) is 20.2 Å². The van der Waals surface area contributed by atoms with Crippen molar-refractivity contribution in [3.63, 3.8) is 0 Å². The van der Waals surface area contributed by atoms with Gasteiger partial charge in [-0.25, -0.2) is 14.2 Å². The number of thioether (sulfide) groups is 1. The molecule has 11 heteroatoms. The quantitative estimate of drug-likeness (QED) is 0.480. The lowest BCUT2D eigenvalue weighted by atomic mass is 10.1. The van der Waals surface area contributed by atoms with E-state index >= 15 is 0 Å². The van der Waals surface area contributed by atoms with Crippen LogP contribution in [0, 0.1) is 5.82 Å². The first-order valence-corrected chi connectivity index (χ1v) is 12.9. The minimum Gasteiger partial charge on any atom is -0.445 e. The van der Waals surface area contributed by atoms with E-state index in [1.54, 1.807) is 17.2 Å². The van der Waals surface area contributed by atoms with Crippen LogP contribution in [0.15, 0.2) is 65.8 Å². The third-order valence-electron chi connectivity index (χ3n) is 6.11. The summed E-state index contributed by atoms with van der Waals surface area (Å²) in [7, 11) is 0. The van der Waals surface area contributed by atoms with Crippen LogP contribution in [0.3, 0.4) is 0 Å². The topological polar surface area (TPSA) is 105 Å². The van der Waals surface area contributed by atoms with Gasteiger partial charge in [-0.05, 0) is 47.5 Å². The second-order valence-electron chi connectivity index (χ2n) is 8.72. The number of hydrogen-bond acceptors (Lipinski definition) is 8. The Hall–Kier alpha value is -4.25. The lowest BCUT2D eigenvalue weighted by Crippen LogP contribution is -2.35. The minimum atomic E-state index is -0.485. The van der Waals surface area contributed by atoms with Gasteiger partial charge >= 0.3 is 6.09 Å². The fourth-order valence-corrected chi connectivity index (χ4v) is 4.86. The van der Waals surface area contributed by atoms with Gasteiger partial charge < -0.3 is 14.5 Å². The first kappa shape index (κ1) is 25.4. The fraction of sp³-hybridized carbons (Fsp3) is 0.222. The van der Waals surface area contributed by atoms with E-state index in [1.807, 2.05) is 35.2 Å². The molecule has 0 unspecified atom stereocenters. The molecule has 0 spiro atoms. The van der Waals surface area contributed by atoms with E-state index in [0.29, 0.717) is 49.7 Å². The van der Waals surface area contributed by atoms with Gasteiger partial charge in [0.25, 0.3) is 11.1 Å². The fourth-order valence-electron chi connectivity index (χ4n) is 4.18. The molecular formula is C27H24FN5O4S. The normalized spacial score (nSPS) is 16.9. The lowest BCUT2D eigenvalue weighted by Gasteiger charge is -2.22. The number of imide groups is 1. The van der Waals surface area contributed by atoms with Crippen molar-refractivity contribution in [3.8, 4) is 11.3 Å². The molecule has 1 aromatic heterocycles. The first-order chi connectivity index (χ1) is 18.5. The van der Waals surface area contributed by atoms with Crippen LogP contribution in [0.1, 0.15) is 17.5 Å². The predicted octanol–water partition coefficient (Wildman–Crippen LogP) is 4.46.